The standard InChI is InChI=1S/C12H16N2O4S/c1-2-3-10-13-6-9(19-10)11(15)14-4-5-18-7-8(14)12(16)17/h6,8H,2-5,7H2,1H3,(H,16,17)/t8-/m0/s1. The van der Waals surface area contributed by atoms with E-state index in [4.69, 9.17) is 9.84 Å². The molecule has 7 heteroatoms. The number of thiazole rings is 1. The molecule has 6 nitrogen and oxygen atoms in total. The van der Waals surface area contributed by atoms with Gasteiger partial charge in [-0.1, -0.05) is 6.92 Å². The number of aryl methyl sites for hydroxylation is 1. The SMILES string of the molecule is CCCc1ncc(C(=O)N2CCOC[C@H]2C(=O)O)s1. The molecule has 0 unspecified atom stereocenters. The van der Waals surface area contributed by atoms with Crippen LogP contribution in [0.15, 0.2) is 6.20 Å². The van der Waals surface area contributed by atoms with Crippen LogP contribution in [0.3, 0.4) is 0 Å². The Bertz CT molecular complexity index is 474. The predicted octanol–water partition coefficient (Wildman–Crippen LogP) is 1.02. The van der Waals surface area contributed by atoms with Gasteiger partial charge in [0.1, 0.15) is 4.88 Å². The minimum atomic E-state index is -1.04. The van der Waals surface area contributed by atoms with Crippen LogP contribution in [0.25, 0.3) is 0 Å². The first-order valence-electron chi connectivity index (χ1n) is 6.19. The summed E-state index contributed by atoms with van der Waals surface area (Å²) >= 11 is 1.34. The van der Waals surface area contributed by atoms with Gasteiger partial charge in [-0.05, 0) is 12.8 Å². The molecule has 1 atom stereocenters. The van der Waals surface area contributed by atoms with Gasteiger partial charge in [0.25, 0.3) is 5.91 Å². The number of aliphatic carboxylic acids is 1. The highest BCUT2D eigenvalue weighted by Crippen LogP contribution is 2.19. The van der Waals surface area contributed by atoms with Crippen LogP contribution in [-0.2, 0) is 16.0 Å². The number of amides is 1. The lowest BCUT2D eigenvalue weighted by Crippen LogP contribution is -2.52. The Morgan fingerprint density at radius 1 is 1.63 bits per heavy atom. The Kier molecular flexibility index (Phi) is 4.49. The van der Waals surface area contributed by atoms with Gasteiger partial charge in [0.2, 0.25) is 0 Å². The fourth-order valence-electron chi connectivity index (χ4n) is 1.93. The molecule has 1 N–H and O–H groups in total. The average molecular weight is 284 g/mol. The first kappa shape index (κ1) is 14.0. The minimum absolute atomic E-state index is 0.0433. The first-order valence-corrected chi connectivity index (χ1v) is 7.01. The van der Waals surface area contributed by atoms with E-state index in [-0.39, 0.29) is 12.5 Å². The van der Waals surface area contributed by atoms with E-state index >= 15 is 0 Å². The van der Waals surface area contributed by atoms with E-state index in [1.54, 1.807) is 0 Å². The smallest absolute Gasteiger partial charge is 0.328 e. The van der Waals surface area contributed by atoms with Crippen LogP contribution in [-0.4, -0.2) is 52.7 Å². The highest BCUT2D eigenvalue weighted by molar-refractivity contribution is 7.13. The summed E-state index contributed by atoms with van der Waals surface area (Å²) in [5.74, 6) is -1.30. The molecule has 1 aromatic heterocycles. The van der Waals surface area contributed by atoms with Gasteiger partial charge in [-0.25, -0.2) is 9.78 Å². The third kappa shape index (κ3) is 3.10. The Morgan fingerprint density at radius 2 is 2.42 bits per heavy atom. The number of carboxylic acid groups (broad SMARTS) is 1. The Balaban J connectivity index is 2.14. The third-order valence-electron chi connectivity index (χ3n) is 2.90. The summed E-state index contributed by atoms with van der Waals surface area (Å²) in [6.45, 7) is 2.76. The number of morpholine rings is 1. The van der Waals surface area contributed by atoms with Crippen molar-refractivity contribution in [2.45, 2.75) is 25.8 Å². The molecule has 0 radical (unpaired) electrons. The van der Waals surface area contributed by atoms with Gasteiger partial charge in [-0.3, -0.25) is 4.79 Å². The van der Waals surface area contributed by atoms with Crippen LogP contribution in [0.4, 0.5) is 0 Å². The van der Waals surface area contributed by atoms with Gasteiger partial charge in [0.15, 0.2) is 6.04 Å². The van der Waals surface area contributed by atoms with E-state index in [1.165, 1.54) is 22.4 Å². The molecule has 0 spiro atoms. The van der Waals surface area contributed by atoms with Crippen molar-refractivity contribution in [1.29, 1.82) is 0 Å². The van der Waals surface area contributed by atoms with Crippen molar-refractivity contribution in [3.63, 3.8) is 0 Å². The van der Waals surface area contributed by atoms with Gasteiger partial charge in [0.05, 0.1) is 24.4 Å². The Hall–Kier alpha value is -1.47. The predicted molar refractivity (Wildman–Crippen MR) is 69.4 cm³/mol. The number of hydrogen-bond acceptors (Lipinski definition) is 5. The summed E-state index contributed by atoms with van der Waals surface area (Å²) in [5, 5.41) is 10.0. The molecular formula is C12H16N2O4S. The number of ether oxygens (including phenoxy) is 1. The molecule has 1 amide bonds. The van der Waals surface area contributed by atoms with Crippen LogP contribution in [0.1, 0.15) is 28.0 Å². The fraction of sp³-hybridized carbons (Fsp3) is 0.583. The highest BCUT2D eigenvalue weighted by atomic mass is 32.1. The Morgan fingerprint density at radius 3 is 3.11 bits per heavy atom. The summed E-state index contributed by atoms with van der Waals surface area (Å²) < 4.78 is 5.12. The minimum Gasteiger partial charge on any atom is -0.480 e. The van der Waals surface area contributed by atoms with Crippen LogP contribution in [0, 0.1) is 0 Å². The molecule has 2 rings (SSSR count). The molecule has 104 valence electrons. The zero-order valence-electron chi connectivity index (χ0n) is 10.7. The maximum atomic E-state index is 12.3. The van der Waals surface area contributed by atoms with Gasteiger partial charge >= 0.3 is 5.97 Å². The lowest BCUT2D eigenvalue weighted by atomic mass is 10.2. The second-order valence-electron chi connectivity index (χ2n) is 4.30. The topological polar surface area (TPSA) is 79.7 Å². The van der Waals surface area contributed by atoms with E-state index in [0.717, 1.165) is 17.8 Å². The summed E-state index contributed by atoms with van der Waals surface area (Å²) in [6, 6.07) is -0.905. The van der Waals surface area contributed by atoms with Crippen molar-refractivity contribution in [3.8, 4) is 0 Å². The molecule has 1 aliphatic rings. The Labute approximate surface area is 115 Å². The largest absolute Gasteiger partial charge is 0.480 e. The zero-order chi connectivity index (χ0) is 13.8. The maximum absolute atomic E-state index is 12.3. The number of carboxylic acids is 1. The summed E-state index contributed by atoms with van der Waals surface area (Å²) in [5.41, 5.74) is 0. The van der Waals surface area contributed by atoms with Gasteiger partial charge in [-0.15, -0.1) is 11.3 Å². The number of nitrogens with zero attached hydrogens (tertiary/aromatic N) is 2. The van der Waals surface area contributed by atoms with E-state index in [0.29, 0.717) is 18.0 Å². The maximum Gasteiger partial charge on any atom is 0.328 e. The van der Waals surface area contributed by atoms with Gasteiger partial charge < -0.3 is 14.7 Å². The van der Waals surface area contributed by atoms with Crippen molar-refractivity contribution in [2.75, 3.05) is 19.8 Å². The molecular weight excluding hydrogens is 268 g/mol. The quantitative estimate of drug-likeness (QED) is 0.893. The fourth-order valence-corrected chi connectivity index (χ4v) is 2.91. The molecule has 0 bridgehead atoms. The molecule has 1 saturated heterocycles. The second kappa shape index (κ2) is 6.12. The number of rotatable bonds is 4. The number of hydrogen-bond donors (Lipinski definition) is 1. The van der Waals surface area contributed by atoms with Gasteiger partial charge in [0, 0.05) is 6.54 Å². The van der Waals surface area contributed by atoms with Crippen LogP contribution >= 0.6 is 11.3 Å². The summed E-state index contributed by atoms with van der Waals surface area (Å²) in [7, 11) is 0. The summed E-state index contributed by atoms with van der Waals surface area (Å²) in [6.07, 6.45) is 3.34. The number of carbonyl (C=O) groups is 2. The molecule has 0 aromatic carbocycles. The zero-order valence-corrected chi connectivity index (χ0v) is 11.5. The monoisotopic (exact) mass is 284 g/mol. The molecule has 2 heterocycles. The van der Waals surface area contributed by atoms with Crippen molar-refractivity contribution < 1.29 is 19.4 Å². The van der Waals surface area contributed by atoms with Crippen LogP contribution in [0.2, 0.25) is 0 Å². The lowest BCUT2D eigenvalue weighted by molar-refractivity contribution is -0.147. The molecule has 1 fully saturated rings. The van der Waals surface area contributed by atoms with E-state index in [2.05, 4.69) is 4.98 Å². The summed E-state index contributed by atoms with van der Waals surface area (Å²) in [4.78, 5) is 29.5. The van der Waals surface area contributed by atoms with Crippen LogP contribution in [0.5, 0.6) is 0 Å². The van der Waals surface area contributed by atoms with E-state index in [1.807, 2.05) is 6.92 Å². The molecule has 0 aliphatic carbocycles. The second-order valence-corrected chi connectivity index (χ2v) is 5.41. The van der Waals surface area contributed by atoms with Crippen molar-refractivity contribution in [1.82, 2.24) is 9.88 Å². The van der Waals surface area contributed by atoms with E-state index in [9.17, 15) is 9.59 Å². The highest BCUT2D eigenvalue weighted by Gasteiger charge is 2.33. The molecule has 1 aliphatic heterocycles. The molecule has 1 aromatic rings. The molecule has 0 saturated carbocycles. The van der Waals surface area contributed by atoms with E-state index < -0.39 is 12.0 Å². The third-order valence-corrected chi connectivity index (χ3v) is 3.95. The van der Waals surface area contributed by atoms with Gasteiger partial charge in [-0.2, -0.15) is 0 Å². The average Bonchev–Trinajstić information content (AvgIpc) is 2.87. The van der Waals surface area contributed by atoms with Crippen LogP contribution < -0.4 is 0 Å². The first-order chi connectivity index (χ1) is 9.13. The number of carbonyl (C=O) groups excluding carboxylic acids is 1. The van der Waals surface area contributed by atoms with Crippen molar-refractivity contribution in [2.24, 2.45) is 0 Å². The van der Waals surface area contributed by atoms with Crippen molar-refractivity contribution in [3.05, 3.63) is 16.1 Å². The normalized spacial score (nSPS) is 19.4. The van der Waals surface area contributed by atoms with Crippen molar-refractivity contribution >= 4 is 23.2 Å². The lowest BCUT2D eigenvalue weighted by Gasteiger charge is -2.32. The number of aromatic nitrogens is 1. The molecule has 19 heavy (non-hydrogen) atoms.